The molecule has 0 radical (unpaired) electrons. The van der Waals surface area contributed by atoms with Gasteiger partial charge in [0.2, 0.25) is 5.95 Å². The maximum Gasteiger partial charge on any atom is 0.406 e. The second-order valence-electron chi connectivity index (χ2n) is 7.11. The lowest BCUT2D eigenvalue weighted by Crippen LogP contribution is -2.40. The summed E-state index contributed by atoms with van der Waals surface area (Å²) in [7, 11) is 2.18. The van der Waals surface area contributed by atoms with Gasteiger partial charge in [-0.1, -0.05) is 0 Å². The Morgan fingerprint density at radius 1 is 1.36 bits per heavy atom. The topological polar surface area (TPSA) is 130 Å². The first-order valence-electron chi connectivity index (χ1n) is 9.84. The number of aromatic nitrogens is 3. The largest absolute Gasteiger partial charge is 0.406 e. The Hall–Kier alpha value is -3.68. The van der Waals surface area contributed by atoms with Crippen LogP contribution in [-0.4, -0.2) is 90.1 Å². The summed E-state index contributed by atoms with van der Waals surface area (Å²) in [6.07, 6.45) is -2.26. The standard InChI is InChI=1S/C19H23F3N8O3/c1-24-15(13(10-23)17(32)28(2)11-19(20,21)22)16(31)25-12-3-4-30-14(9-12)26-18(27-30)29-5-7-33-8-6-29/h3-4,9-10H,5-8,11,23H2,1-2H3,(H,25,31). The van der Waals surface area contributed by atoms with Crippen molar-refractivity contribution < 1.29 is 27.5 Å². The normalized spacial score (nSPS) is 15.6. The van der Waals surface area contributed by atoms with Crippen LogP contribution < -0.4 is 16.0 Å². The summed E-state index contributed by atoms with van der Waals surface area (Å²) in [6.45, 7) is 0.953. The molecule has 3 N–H and O–H groups in total. The highest BCUT2D eigenvalue weighted by atomic mass is 19.4. The molecule has 3 heterocycles. The van der Waals surface area contributed by atoms with Crippen molar-refractivity contribution in [1.29, 1.82) is 0 Å². The number of nitrogens with two attached hydrogens (primary N) is 1. The first kappa shape index (κ1) is 24.0. The SMILES string of the molecule is CN=C(C(=O)Nc1ccn2nc(N3CCOCC3)nc2c1)C(=CN)C(=O)N(C)CC(F)(F)F. The Bertz CT molecular complexity index is 1090. The molecular weight excluding hydrogens is 445 g/mol. The Labute approximate surface area is 186 Å². The molecule has 0 aliphatic carbocycles. The van der Waals surface area contributed by atoms with Crippen LogP contribution in [0, 0.1) is 0 Å². The number of likely N-dealkylation sites (N-methyl/N-ethyl adjacent to an activating group) is 1. The molecule has 0 atom stereocenters. The van der Waals surface area contributed by atoms with Crippen LogP contribution in [0.1, 0.15) is 0 Å². The van der Waals surface area contributed by atoms with E-state index in [0.717, 1.165) is 13.2 Å². The Morgan fingerprint density at radius 2 is 2.06 bits per heavy atom. The summed E-state index contributed by atoms with van der Waals surface area (Å²) in [5.41, 5.74) is 5.35. The van der Waals surface area contributed by atoms with Crippen molar-refractivity contribution in [3.05, 3.63) is 30.1 Å². The summed E-state index contributed by atoms with van der Waals surface area (Å²) >= 11 is 0. The van der Waals surface area contributed by atoms with Crippen molar-refractivity contribution in [2.45, 2.75) is 6.18 Å². The number of halogens is 3. The van der Waals surface area contributed by atoms with Crippen molar-refractivity contribution in [3.8, 4) is 0 Å². The average molecular weight is 468 g/mol. The highest BCUT2D eigenvalue weighted by Gasteiger charge is 2.34. The zero-order valence-electron chi connectivity index (χ0n) is 18.0. The summed E-state index contributed by atoms with van der Waals surface area (Å²) < 4.78 is 44.8. The van der Waals surface area contributed by atoms with Crippen molar-refractivity contribution in [2.75, 3.05) is 57.2 Å². The lowest BCUT2D eigenvalue weighted by molar-refractivity contribution is -0.155. The lowest BCUT2D eigenvalue weighted by Gasteiger charge is -2.25. The Kier molecular flexibility index (Phi) is 7.16. The minimum Gasteiger partial charge on any atom is -0.404 e. The fraction of sp³-hybridized carbons (Fsp3) is 0.421. The summed E-state index contributed by atoms with van der Waals surface area (Å²) in [6, 6.07) is 3.12. The summed E-state index contributed by atoms with van der Waals surface area (Å²) in [5.74, 6) is -1.39. The van der Waals surface area contributed by atoms with E-state index in [1.807, 2.05) is 4.90 Å². The van der Waals surface area contributed by atoms with Gasteiger partial charge in [-0.3, -0.25) is 14.6 Å². The van der Waals surface area contributed by atoms with E-state index in [9.17, 15) is 22.8 Å². The number of morpholine rings is 1. The van der Waals surface area contributed by atoms with Crippen LogP contribution in [0.5, 0.6) is 0 Å². The van der Waals surface area contributed by atoms with E-state index in [4.69, 9.17) is 10.5 Å². The number of aliphatic imine (C=N–C) groups is 1. The number of carbonyl (C=O) groups excluding carboxylic acids is 2. The van der Waals surface area contributed by atoms with Gasteiger partial charge in [0.15, 0.2) is 5.65 Å². The number of anilines is 2. The maximum atomic E-state index is 12.7. The molecule has 2 aromatic rings. The molecule has 11 nitrogen and oxygen atoms in total. The van der Waals surface area contributed by atoms with Crippen LogP contribution in [0.2, 0.25) is 0 Å². The van der Waals surface area contributed by atoms with Crippen LogP contribution in [0.15, 0.2) is 35.1 Å². The molecule has 1 aliphatic heterocycles. The third-order valence-corrected chi connectivity index (χ3v) is 4.73. The number of hydrogen-bond donors (Lipinski definition) is 2. The van der Waals surface area contributed by atoms with E-state index in [2.05, 4.69) is 20.4 Å². The Morgan fingerprint density at radius 3 is 2.67 bits per heavy atom. The third-order valence-electron chi connectivity index (χ3n) is 4.73. The molecule has 3 rings (SSSR count). The molecule has 0 unspecified atom stereocenters. The zero-order chi connectivity index (χ0) is 24.2. The zero-order valence-corrected chi connectivity index (χ0v) is 18.0. The number of ether oxygens (including phenoxy) is 1. The van der Waals surface area contributed by atoms with Crippen molar-refractivity contribution in [3.63, 3.8) is 0 Å². The van der Waals surface area contributed by atoms with Gasteiger partial charge in [0.25, 0.3) is 11.8 Å². The molecule has 0 spiro atoms. The second kappa shape index (κ2) is 9.85. The number of hydrogen-bond acceptors (Lipinski definition) is 8. The van der Waals surface area contributed by atoms with Crippen LogP contribution in [0.4, 0.5) is 24.8 Å². The monoisotopic (exact) mass is 468 g/mol. The van der Waals surface area contributed by atoms with Crippen LogP contribution in [0.3, 0.4) is 0 Å². The van der Waals surface area contributed by atoms with Gasteiger partial charge in [-0.2, -0.15) is 18.2 Å². The maximum absolute atomic E-state index is 12.7. The summed E-state index contributed by atoms with van der Waals surface area (Å²) in [4.78, 5) is 35.8. The predicted octanol–water partition coefficient (Wildman–Crippen LogP) is 0.438. The third kappa shape index (κ3) is 5.77. The number of rotatable bonds is 6. The number of carbonyl (C=O) groups is 2. The molecule has 14 heteroatoms. The molecule has 1 saturated heterocycles. The molecule has 0 saturated carbocycles. The van der Waals surface area contributed by atoms with Gasteiger partial charge >= 0.3 is 6.18 Å². The van der Waals surface area contributed by atoms with E-state index in [-0.39, 0.29) is 0 Å². The summed E-state index contributed by atoms with van der Waals surface area (Å²) in [5, 5.41) is 6.95. The first-order valence-corrected chi connectivity index (χ1v) is 9.84. The number of nitrogens with zero attached hydrogens (tertiary/aromatic N) is 6. The molecule has 0 bridgehead atoms. The number of fused-ring (bicyclic) bond motifs is 1. The molecule has 1 fully saturated rings. The Balaban J connectivity index is 1.75. The van der Waals surface area contributed by atoms with Gasteiger partial charge in [0.05, 0.1) is 18.8 Å². The average Bonchev–Trinajstić information content (AvgIpc) is 3.19. The van der Waals surface area contributed by atoms with Gasteiger partial charge < -0.3 is 25.6 Å². The molecular formula is C19H23F3N8O3. The van der Waals surface area contributed by atoms with Gasteiger partial charge in [0, 0.05) is 51.3 Å². The fourth-order valence-corrected chi connectivity index (χ4v) is 3.18. The molecule has 0 aromatic carbocycles. The van der Waals surface area contributed by atoms with Gasteiger partial charge in [-0.15, -0.1) is 5.10 Å². The number of alkyl halides is 3. The molecule has 2 amide bonds. The number of pyridine rings is 1. The van der Waals surface area contributed by atoms with E-state index in [0.29, 0.717) is 48.5 Å². The van der Waals surface area contributed by atoms with Crippen LogP contribution in [0.25, 0.3) is 5.65 Å². The molecule has 178 valence electrons. The molecule has 1 aliphatic rings. The lowest BCUT2D eigenvalue weighted by atomic mass is 10.1. The van der Waals surface area contributed by atoms with E-state index < -0.39 is 35.8 Å². The fourth-order valence-electron chi connectivity index (χ4n) is 3.18. The van der Waals surface area contributed by atoms with Crippen molar-refractivity contribution in [2.24, 2.45) is 10.7 Å². The van der Waals surface area contributed by atoms with Gasteiger partial charge in [0.1, 0.15) is 12.3 Å². The van der Waals surface area contributed by atoms with Crippen molar-refractivity contribution >= 4 is 34.8 Å². The molecule has 33 heavy (non-hydrogen) atoms. The van der Waals surface area contributed by atoms with Gasteiger partial charge in [-0.05, 0) is 6.07 Å². The van der Waals surface area contributed by atoms with E-state index >= 15 is 0 Å². The highest BCUT2D eigenvalue weighted by Crippen LogP contribution is 2.18. The minimum absolute atomic E-state index is 0.321. The first-order chi connectivity index (χ1) is 15.6. The smallest absolute Gasteiger partial charge is 0.404 e. The van der Waals surface area contributed by atoms with Crippen LogP contribution >= 0.6 is 0 Å². The molecule has 2 aromatic heterocycles. The quantitative estimate of drug-likeness (QED) is 0.465. The highest BCUT2D eigenvalue weighted by molar-refractivity contribution is 6.53. The van der Waals surface area contributed by atoms with E-state index in [1.54, 1.807) is 18.3 Å². The second-order valence-corrected chi connectivity index (χ2v) is 7.11. The number of amides is 2. The van der Waals surface area contributed by atoms with Gasteiger partial charge in [-0.25, -0.2) is 4.52 Å². The van der Waals surface area contributed by atoms with Crippen LogP contribution in [-0.2, 0) is 14.3 Å². The predicted molar refractivity (Wildman–Crippen MR) is 114 cm³/mol. The van der Waals surface area contributed by atoms with E-state index in [1.165, 1.54) is 11.6 Å². The number of nitrogens with one attached hydrogen (secondary N) is 1. The van der Waals surface area contributed by atoms with Crippen molar-refractivity contribution in [1.82, 2.24) is 19.5 Å². The minimum atomic E-state index is -4.61.